The lowest BCUT2D eigenvalue weighted by Gasteiger charge is -2.34. The predicted octanol–water partition coefficient (Wildman–Crippen LogP) is 0.862. The van der Waals surface area contributed by atoms with Gasteiger partial charge in [0.25, 0.3) is 0 Å². The van der Waals surface area contributed by atoms with Gasteiger partial charge < -0.3 is 14.7 Å². The number of hydrogen-bond acceptors (Lipinski definition) is 3. The number of ether oxygens (including phenoxy) is 1. The zero-order valence-electron chi connectivity index (χ0n) is 7.59. The van der Waals surface area contributed by atoms with Crippen molar-refractivity contribution in [2.24, 2.45) is 0 Å². The van der Waals surface area contributed by atoms with Gasteiger partial charge in [-0.3, -0.25) is 0 Å². The minimum atomic E-state index is -0.401. The van der Waals surface area contributed by atoms with Gasteiger partial charge in [-0.25, -0.2) is 4.79 Å². The molecule has 0 atom stereocenters. The zero-order valence-corrected chi connectivity index (χ0v) is 7.59. The van der Waals surface area contributed by atoms with Gasteiger partial charge in [-0.15, -0.1) is 0 Å². The first-order chi connectivity index (χ1) is 6.75. The Morgan fingerprint density at radius 1 is 1.36 bits per heavy atom. The lowest BCUT2D eigenvalue weighted by Crippen LogP contribution is -2.54. The molecule has 14 heavy (non-hydrogen) atoms. The van der Waals surface area contributed by atoms with E-state index in [0.29, 0.717) is 18.8 Å². The fourth-order valence-electron chi connectivity index (χ4n) is 1.26. The van der Waals surface area contributed by atoms with E-state index in [9.17, 15) is 4.79 Å². The number of benzene rings is 1. The Labute approximate surface area is 81.7 Å². The molecule has 0 saturated carbocycles. The van der Waals surface area contributed by atoms with Gasteiger partial charge in [-0.05, 0) is 12.1 Å². The second-order valence-electron chi connectivity index (χ2n) is 3.24. The van der Waals surface area contributed by atoms with E-state index < -0.39 is 12.2 Å². The van der Waals surface area contributed by atoms with Crippen LogP contribution in [0, 0.1) is 0 Å². The topological polar surface area (TPSA) is 49.8 Å². The highest BCUT2D eigenvalue weighted by Gasteiger charge is 2.30. The van der Waals surface area contributed by atoms with Crippen LogP contribution in [0.1, 0.15) is 0 Å². The molecule has 0 unspecified atom stereocenters. The number of aliphatic hydroxyl groups is 1. The molecule has 1 aromatic carbocycles. The van der Waals surface area contributed by atoms with Crippen molar-refractivity contribution in [3.63, 3.8) is 0 Å². The SMILES string of the molecule is O=C(Oc1ccccc1)N1CC(O)C1. The lowest BCUT2D eigenvalue weighted by molar-refractivity contribution is 0.0127. The Morgan fingerprint density at radius 3 is 2.57 bits per heavy atom. The maximum atomic E-state index is 11.3. The summed E-state index contributed by atoms with van der Waals surface area (Å²) in [5, 5.41) is 8.98. The first kappa shape index (κ1) is 9.02. The number of aliphatic hydroxyl groups excluding tert-OH is 1. The number of carbonyl (C=O) groups excluding carboxylic acids is 1. The molecule has 0 aromatic heterocycles. The van der Waals surface area contributed by atoms with E-state index in [1.807, 2.05) is 6.07 Å². The van der Waals surface area contributed by atoms with E-state index in [2.05, 4.69) is 0 Å². The van der Waals surface area contributed by atoms with Gasteiger partial charge in [-0.1, -0.05) is 18.2 Å². The largest absolute Gasteiger partial charge is 0.415 e. The van der Waals surface area contributed by atoms with Crippen molar-refractivity contribution < 1.29 is 14.6 Å². The third-order valence-electron chi connectivity index (χ3n) is 2.07. The molecule has 1 N–H and O–H groups in total. The smallest absolute Gasteiger partial charge is 0.410 e. The van der Waals surface area contributed by atoms with Crippen molar-refractivity contribution in [2.75, 3.05) is 13.1 Å². The molecule has 0 aliphatic carbocycles. The van der Waals surface area contributed by atoms with Crippen LogP contribution >= 0.6 is 0 Å². The second kappa shape index (κ2) is 3.67. The van der Waals surface area contributed by atoms with Crippen molar-refractivity contribution in [1.82, 2.24) is 4.90 Å². The summed E-state index contributed by atoms with van der Waals surface area (Å²) in [6.45, 7) is 0.733. The molecule has 1 aliphatic rings. The highest BCUT2D eigenvalue weighted by atomic mass is 16.6. The fraction of sp³-hybridized carbons (Fsp3) is 0.300. The molecule has 4 nitrogen and oxygen atoms in total. The summed E-state index contributed by atoms with van der Waals surface area (Å²) in [5.74, 6) is 0.527. The standard InChI is InChI=1S/C10H11NO3/c12-8-6-11(7-8)10(13)14-9-4-2-1-3-5-9/h1-5,8,12H,6-7H2. The van der Waals surface area contributed by atoms with Crippen LogP contribution in [-0.2, 0) is 0 Å². The average Bonchev–Trinajstić information content (AvgIpc) is 2.14. The van der Waals surface area contributed by atoms with E-state index in [1.165, 1.54) is 4.90 Å². The summed E-state index contributed by atoms with van der Waals surface area (Å²) >= 11 is 0. The Kier molecular flexibility index (Phi) is 2.37. The van der Waals surface area contributed by atoms with Gasteiger partial charge >= 0.3 is 6.09 Å². The summed E-state index contributed by atoms with van der Waals surface area (Å²) in [5.41, 5.74) is 0. The quantitative estimate of drug-likeness (QED) is 0.719. The molecule has 1 heterocycles. The van der Waals surface area contributed by atoms with Gasteiger partial charge in [0.05, 0.1) is 19.2 Å². The normalized spacial score (nSPS) is 16.2. The average molecular weight is 193 g/mol. The molecule has 1 aromatic rings. The maximum absolute atomic E-state index is 11.3. The highest BCUT2D eigenvalue weighted by molar-refractivity contribution is 5.71. The molecule has 4 heteroatoms. The van der Waals surface area contributed by atoms with E-state index in [0.717, 1.165) is 0 Å². The molecule has 0 bridgehead atoms. The molecule has 74 valence electrons. The van der Waals surface area contributed by atoms with Crippen molar-refractivity contribution in [3.8, 4) is 5.75 Å². The summed E-state index contributed by atoms with van der Waals surface area (Å²) in [7, 11) is 0. The Balaban J connectivity index is 1.89. The predicted molar refractivity (Wildman–Crippen MR) is 50.0 cm³/mol. The number of rotatable bonds is 1. The van der Waals surface area contributed by atoms with Crippen molar-refractivity contribution in [1.29, 1.82) is 0 Å². The van der Waals surface area contributed by atoms with Crippen LogP contribution < -0.4 is 4.74 Å². The maximum Gasteiger partial charge on any atom is 0.415 e. The van der Waals surface area contributed by atoms with Gasteiger partial charge in [0.15, 0.2) is 0 Å². The van der Waals surface area contributed by atoms with E-state index in [4.69, 9.17) is 9.84 Å². The molecular formula is C10H11NO3. The molecule has 0 radical (unpaired) electrons. The lowest BCUT2D eigenvalue weighted by atomic mass is 10.2. The molecule has 1 aliphatic heterocycles. The number of β-amino-alcohol motifs (C(OH)–C–C–N with tert-alkyl or cyclic N) is 1. The summed E-state index contributed by atoms with van der Waals surface area (Å²) in [4.78, 5) is 12.8. The number of likely N-dealkylation sites (tertiary alicyclic amines) is 1. The first-order valence-electron chi connectivity index (χ1n) is 4.45. The second-order valence-corrected chi connectivity index (χ2v) is 3.24. The molecular weight excluding hydrogens is 182 g/mol. The van der Waals surface area contributed by atoms with Crippen LogP contribution in [-0.4, -0.2) is 35.3 Å². The minimum absolute atomic E-state index is 0.367. The van der Waals surface area contributed by atoms with Crippen LogP contribution in [0.25, 0.3) is 0 Å². The summed E-state index contributed by atoms with van der Waals surface area (Å²) in [6.07, 6.45) is -0.792. The Morgan fingerprint density at radius 2 is 2.00 bits per heavy atom. The van der Waals surface area contributed by atoms with E-state index in [-0.39, 0.29) is 0 Å². The van der Waals surface area contributed by atoms with Gasteiger partial charge in [0, 0.05) is 0 Å². The van der Waals surface area contributed by atoms with Crippen molar-refractivity contribution >= 4 is 6.09 Å². The molecule has 1 amide bonds. The summed E-state index contributed by atoms with van der Waals surface area (Å²) < 4.78 is 5.04. The van der Waals surface area contributed by atoms with Crippen LogP contribution in [0.15, 0.2) is 30.3 Å². The number of para-hydroxylation sites is 1. The Hall–Kier alpha value is -1.55. The van der Waals surface area contributed by atoms with Crippen LogP contribution in [0.5, 0.6) is 5.75 Å². The number of hydrogen-bond donors (Lipinski definition) is 1. The van der Waals surface area contributed by atoms with Gasteiger partial charge in [0.2, 0.25) is 0 Å². The summed E-state index contributed by atoms with van der Waals surface area (Å²) in [6, 6.07) is 8.88. The molecule has 1 fully saturated rings. The van der Waals surface area contributed by atoms with E-state index in [1.54, 1.807) is 24.3 Å². The number of amides is 1. The third kappa shape index (κ3) is 1.85. The number of nitrogens with zero attached hydrogens (tertiary/aromatic N) is 1. The van der Waals surface area contributed by atoms with Gasteiger partial charge in [-0.2, -0.15) is 0 Å². The van der Waals surface area contributed by atoms with Crippen LogP contribution in [0.4, 0.5) is 4.79 Å². The highest BCUT2D eigenvalue weighted by Crippen LogP contribution is 2.13. The fourth-order valence-corrected chi connectivity index (χ4v) is 1.26. The zero-order chi connectivity index (χ0) is 9.97. The van der Waals surface area contributed by atoms with Crippen LogP contribution in [0.3, 0.4) is 0 Å². The first-order valence-corrected chi connectivity index (χ1v) is 4.45. The minimum Gasteiger partial charge on any atom is -0.410 e. The monoisotopic (exact) mass is 193 g/mol. The number of carbonyl (C=O) groups is 1. The third-order valence-corrected chi connectivity index (χ3v) is 2.07. The Bertz CT molecular complexity index is 319. The molecule has 0 spiro atoms. The van der Waals surface area contributed by atoms with Gasteiger partial charge in [0.1, 0.15) is 5.75 Å². The molecule has 2 rings (SSSR count). The van der Waals surface area contributed by atoms with Crippen molar-refractivity contribution in [2.45, 2.75) is 6.10 Å². The van der Waals surface area contributed by atoms with Crippen molar-refractivity contribution in [3.05, 3.63) is 30.3 Å². The molecule has 1 saturated heterocycles. The van der Waals surface area contributed by atoms with E-state index >= 15 is 0 Å². The van der Waals surface area contributed by atoms with Crippen LogP contribution in [0.2, 0.25) is 0 Å².